The van der Waals surface area contributed by atoms with E-state index in [0.717, 1.165) is 27.4 Å². The lowest BCUT2D eigenvalue weighted by atomic mass is 10.2. The Kier molecular flexibility index (Phi) is 5.73. The molecule has 0 N–H and O–H groups in total. The summed E-state index contributed by atoms with van der Waals surface area (Å²) in [6.07, 6.45) is -2.21. The van der Waals surface area contributed by atoms with Crippen molar-refractivity contribution in [3.05, 3.63) is 72.0 Å². The van der Waals surface area contributed by atoms with E-state index >= 15 is 0 Å². The molecule has 3 rings (SSSR count). The Bertz CT molecular complexity index is 1060. The van der Waals surface area contributed by atoms with E-state index in [1.54, 1.807) is 6.07 Å². The zero-order valence-corrected chi connectivity index (χ0v) is 16.0. The average molecular weight is 428 g/mol. The number of hydrogen-bond acceptors (Lipinski definition) is 5. The molecule has 2 aromatic heterocycles. The Morgan fingerprint density at radius 3 is 2.61 bits per heavy atom. The van der Waals surface area contributed by atoms with Gasteiger partial charge in [0.1, 0.15) is 6.26 Å². The van der Waals surface area contributed by atoms with Gasteiger partial charge in [-0.05, 0) is 23.6 Å². The second-order valence-corrected chi connectivity index (χ2v) is 8.56. The first-order chi connectivity index (χ1) is 13.2. The summed E-state index contributed by atoms with van der Waals surface area (Å²) < 4.78 is 72.0. The van der Waals surface area contributed by atoms with Crippen LogP contribution in [0.15, 0.2) is 70.0 Å². The molecule has 0 saturated heterocycles. The number of rotatable bonds is 7. The Morgan fingerprint density at radius 2 is 1.96 bits per heavy atom. The molecule has 0 bridgehead atoms. The highest BCUT2D eigenvalue weighted by atomic mass is 32.2. The highest BCUT2D eigenvalue weighted by Crippen LogP contribution is 2.35. The molecule has 1 aromatic carbocycles. The van der Waals surface area contributed by atoms with Crippen LogP contribution in [0.2, 0.25) is 0 Å². The number of halogens is 3. The minimum absolute atomic E-state index is 0.185. The molecule has 0 saturated carbocycles. The van der Waals surface area contributed by atoms with Crippen molar-refractivity contribution in [3.8, 4) is 10.8 Å². The molecule has 0 spiro atoms. The van der Waals surface area contributed by atoms with Crippen LogP contribution in [-0.2, 0) is 22.7 Å². The summed E-state index contributed by atoms with van der Waals surface area (Å²) in [6.45, 7) is 3.06. The summed E-state index contributed by atoms with van der Waals surface area (Å²) in [5, 5.41) is 1.84. The largest absolute Gasteiger partial charge is 0.444 e. The van der Waals surface area contributed by atoms with Crippen LogP contribution in [0.4, 0.5) is 13.2 Å². The zero-order valence-electron chi connectivity index (χ0n) is 14.4. The van der Waals surface area contributed by atoms with E-state index in [2.05, 4.69) is 11.6 Å². The summed E-state index contributed by atoms with van der Waals surface area (Å²) >= 11 is 1.40. The van der Waals surface area contributed by atoms with Crippen LogP contribution in [0.5, 0.6) is 0 Å². The van der Waals surface area contributed by atoms with E-state index in [-0.39, 0.29) is 18.8 Å². The highest BCUT2D eigenvalue weighted by molar-refractivity contribution is 7.89. The van der Waals surface area contributed by atoms with Gasteiger partial charge in [0.25, 0.3) is 0 Å². The lowest BCUT2D eigenvalue weighted by Gasteiger charge is -2.22. The van der Waals surface area contributed by atoms with Gasteiger partial charge in [-0.1, -0.05) is 24.3 Å². The minimum atomic E-state index is -4.80. The first-order valence-corrected chi connectivity index (χ1v) is 10.3. The molecule has 0 amide bonds. The van der Waals surface area contributed by atoms with Gasteiger partial charge in [0.15, 0.2) is 0 Å². The third kappa shape index (κ3) is 4.18. The maximum Gasteiger partial charge on any atom is 0.417 e. The van der Waals surface area contributed by atoms with Gasteiger partial charge in [-0.2, -0.15) is 17.5 Å². The number of alkyl halides is 3. The normalized spacial score (nSPS) is 12.4. The summed E-state index contributed by atoms with van der Waals surface area (Å²) in [5.41, 5.74) is -0.943. The monoisotopic (exact) mass is 428 g/mol. The van der Waals surface area contributed by atoms with E-state index in [4.69, 9.17) is 4.42 Å². The number of sulfonamides is 1. The van der Waals surface area contributed by atoms with Crippen LogP contribution in [0.25, 0.3) is 10.8 Å². The second-order valence-electron chi connectivity index (χ2n) is 5.70. The highest BCUT2D eigenvalue weighted by Gasteiger charge is 2.38. The van der Waals surface area contributed by atoms with Gasteiger partial charge >= 0.3 is 6.18 Å². The third-order valence-corrected chi connectivity index (χ3v) is 6.49. The first-order valence-electron chi connectivity index (χ1n) is 7.99. The quantitative estimate of drug-likeness (QED) is 0.507. The molecule has 0 aliphatic rings. The average Bonchev–Trinajstić information content (AvgIpc) is 3.32. The lowest BCUT2D eigenvalue weighted by molar-refractivity contribution is -0.139. The van der Waals surface area contributed by atoms with Crippen molar-refractivity contribution in [3.63, 3.8) is 0 Å². The fourth-order valence-corrected chi connectivity index (χ4v) is 4.78. The van der Waals surface area contributed by atoms with Gasteiger partial charge in [0.05, 0.1) is 27.6 Å². The number of thiophene rings is 1. The number of aromatic nitrogens is 1. The van der Waals surface area contributed by atoms with E-state index in [1.165, 1.54) is 29.7 Å². The molecule has 0 aliphatic heterocycles. The molecule has 0 fully saturated rings. The summed E-state index contributed by atoms with van der Waals surface area (Å²) in [4.78, 5) is 4.18. The Morgan fingerprint density at radius 1 is 1.21 bits per heavy atom. The van der Waals surface area contributed by atoms with Gasteiger partial charge in [0.2, 0.25) is 15.9 Å². The molecule has 0 atom stereocenters. The van der Waals surface area contributed by atoms with Crippen molar-refractivity contribution in [1.29, 1.82) is 0 Å². The van der Waals surface area contributed by atoms with Crippen LogP contribution in [0.1, 0.15) is 11.3 Å². The maximum absolute atomic E-state index is 13.3. The topological polar surface area (TPSA) is 63.4 Å². The Balaban J connectivity index is 1.95. The van der Waals surface area contributed by atoms with Gasteiger partial charge in [0, 0.05) is 6.54 Å². The fraction of sp³-hybridized carbons (Fsp3) is 0.167. The molecule has 3 aromatic rings. The SMILES string of the molecule is C=CCN(Cc1coc(-c2cccs2)n1)S(=O)(=O)c1ccccc1C(F)(F)F. The standard InChI is InChI=1S/C18H15F3N2O3S2/c1-2-9-23(11-13-12-26-17(22-13)15-7-5-10-27-15)28(24,25)16-8-4-3-6-14(16)18(19,20)21/h2-8,10,12H,1,9,11H2. The van der Waals surface area contributed by atoms with E-state index in [1.807, 2.05) is 11.4 Å². The molecule has 28 heavy (non-hydrogen) atoms. The predicted molar refractivity (Wildman–Crippen MR) is 99.1 cm³/mol. The summed E-state index contributed by atoms with van der Waals surface area (Å²) in [5.74, 6) is 0.316. The van der Waals surface area contributed by atoms with Crippen LogP contribution in [-0.4, -0.2) is 24.3 Å². The van der Waals surface area contributed by atoms with Crippen molar-refractivity contribution >= 4 is 21.4 Å². The second kappa shape index (κ2) is 7.90. The van der Waals surface area contributed by atoms with Gasteiger partial charge in [-0.25, -0.2) is 13.4 Å². The van der Waals surface area contributed by atoms with E-state index < -0.39 is 26.7 Å². The maximum atomic E-state index is 13.3. The lowest BCUT2D eigenvalue weighted by Crippen LogP contribution is -2.32. The first kappa shape index (κ1) is 20.3. The van der Waals surface area contributed by atoms with E-state index in [9.17, 15) is 21.6 Å². The smallest absolute Gasteiger partial charge is 0.417 e. The minimum Gasteiger partial charge on any atom is -0.444 e. The van der Waals surface area contributed by atoms with Crippen molar-refractivity contribution < 1.29 is 26.0 Å². The zero-order chi connectivity index (χ0) is 20.4. The Hall–Kier alpha value is -2.43. The number of hydrogen-bond donors (Lipinski definition) is 0. The molecule has 0 aliphatic carbocycles. The van der Waals surface area contributed by atoms with Crippen LogP contribution >= 0.6 is 11.3 Å². The molecule has 148 valence electrons. The molecule has 10 heteroatoms. The van der Waals surface area contributed by atoms with Crippen LogP contribution in [0, 0.1) is 0 Å². The van der Waals surface area contributed by atoms with E-state index in [0.29, 0.717) is 5.89 Å². The van der Waals surface area contributed by atoms with Crippen LogP contribution < -0.4 is 0 Å². The molecule has 2 heterocycles. The number of benzene rings is 1. The summed E-state index contributed by atoms with van der Waals surface area (Å²) in [6, 6.07) is 7.67. The molecular weight excluding hydrogens is 413 g/mol. The Labute approximate surface area is 163 Å². The third-order valence-electron chi connectivity index (χ3n) is 3.77. The summed E-state index contributed by atoms with van der Waals surface area (Å²) in [7, 11) is -4.46. The van der Waals surface area contributed by atoms with Gasteiger partial charge in [-0.3, -0.25) is 0 Å². The van der Waals surface area contributed by atoms with Crippen molar-refractivity contribution in [2.45, 2.75) is 17.6 Å². The number of oxazole rings is 1. The molecule has 0 unspecified atom stereocenters. The van der Waals surface area contributed by atoms with Gasteiger partial charge in [-0.15, -0.1) is 17.9 Å². The van der Waals surface area contributed by atoms with Crippen LogP contribution in [0.3, 0.4) is 0 Å². The van der Waals surface area contributed by atoms with Crippen molar-refractivity contribution in [1.82, 2.24) is 9.29 Å². The van der Waals surface area contributed by atoms with Crippen molar-refractivity contribution in [2.75, 3.05) is 6.54 Å². The van der Waals surface area contributed by atoms with Gasteiger partial charge < -0.3 is 4.42 Å². The fourth-order valence-electron chi connectivity index (χ4n) is 2.53. The molecule has 5 nitrogen and oxygen atoms in total. The predicted octanol–water partition coefficient (Wildman–Crippen LogP) is 4.80. The molecule has 0 radical (unpaired) electrons. The molecular formula is C18H15F3N2O3S2. The van der Waals surface area contributed by atoms with Crippen molar-refractivity contribution in [2.24, 2.45) is 0 Å². The number of nitrogens with zero attached hydrogens (tertiary/aromatic N) is 2.